The van der Waals surface area contributed by atoms with Gasteiger partial charge in [-0.2, -0.15) is 0 Å². The highest BCUT2D eigenvalue weighted by atomic mass is 35.5. The van der Waals surface area contributed by atoms with E-state index in [1.54, 1.807) is 42.0 Å². The topological polar surface area (TPSA) is 84.3 Å². The van der Waals surface area contributed by atoms with E-state index in [2.05, 4.69) is 10.3 Å². The molecule has 9 heteroatoms. The van der Waals surface area contributed by atoms with E-state index in [1.165, 1.54) is 0 Å². The molecule has 0 radical (unpaired) electrons. The van der Waals surface area contributed by atoms with Crippen LogP contribution in [0.25, 0.3) is 0 Å². The Hall–Kier alpha value is -2.84. The fourth-order valence-corrected chi connectivity index (χ4v) is 3.68. The number of benzene rings is 2. The van der Waals surface area contributed by atoms with Crippen LogP contribution in [-0.4, -0.2) is 30.9 Å². The van der Waals surface area contributed by atoms with Crippen molar-refractivity contribution in [1.82, 2.24) is 9.55 Å². The summed E-state index contributed by atoms with van der Waals surface area (Å²) in [5.74, 6) is -0.129. The zero-order valence-corrected chi connectivity index (χ0v) is 17.9. The molecule has 0 spiro atoms. The first-order chi connectivity index (χ1) is 13.8. The molecule has 1 N–H and O–H groups in total. The molecule has 0 saturated carbocycles. The van der Waals surface area contributed by atoms with E-state index < -0.39 is 16.8 Å². The summed E-state index contributed by atoms with van der Waals surface area (Å²) >= 11 is 6.34. The van der Waals surface area contributed by atoms with Crippen molar-refractivity contribution in [3.8, 4) is 0 Å². The Labute approximate surface area is 176 Å². The molecular weight excluding hydrogens is 412 g/mol. The van der Waals surface area contributed by atoms with E-state index in [-0.39, 0.29) is 11.4 Å². The fraction of sp³-hybridized carbons (Fsp3) is 0.200. The van der Waals surface area contributed by atoms with Gasteiger partial charge in [0, 0.05) is 24.0 Å². The number of nitrogens with zero attached hydrogens (tertiary/aromatic N) is 3. The molecule has 1 amide bonds. The number of aromatic nitrogens is 2. The number of rotatable bonds is 6. The number of imidazole rings is 1. The van der Waals surface area contributed by atoms with Gasteiger partial charge in [0.1, 0.15) is 11.5 Å². The molecule has 0 aliphatic heterocycles. The summed E-state index contributed by atoms with van der Waals surface area (Å²) in [6.45, 7) is 4.04. The van der Waals surface area contributed by atoms with Gasteiger partial charge >= 0.3 is 0 Å². The minimum Gasteiger partial charge on any atom is -0.388 e. The van der Waals surface area contributed by atoms with E-state index >= 15 is 0 Å². The van der Waals surface area contributed by atoms with Gasteiger partial charge in [-0.3, -0.25) is 4.79 Å². The Kier molecular flexibility index (Phi) is 6.24. The fourth-order valence-electron chi connectivity index (χ4n) is 2.87. The van der Waals surface area contributed by atoms with Crippen molar-refractivity contribution in [2.24, 2.45) is 0 Å². The molecule has 0 atom stereocenters. The van der Waals surface area contributed by atoms with Crippen molar-refractivity contribution < 1.29 is 13.2 Å². The molecule has 152 valence electrons. The Morgan fingerprint density at radius 2 is 1.86 bits per heavy atom. The van der Waals surface area contributed by atoms with Crippen LogP contribution >= 0.6 is 11.6 Å². The third kappa shape index (κ3) is 4.60. The Morgan fingerprint density at radius 1 is 1.17 bits per heavy atom. The summed E-state index contributed by atoms with van der Waals surface area (Å²) in [6, 6.07) is 12.3. The molecule has 29 heavy (non-hydrogen) atoms. The number of amides is 1. The third-order valence-electron chi connectivity index (χ3n) is 4.51. The molecular formula is C20H21ClN4O3S. The normalized spacial score (nSPS) is 10.9. The molecule has 0 fully saturated rings. The SMILES string of the molecule is CNc1ccc(Cn2cc(C(=O)N(c3ccc(C)cc3)[SH](=O)=O)nc2C)c(Cl)c1. The van der Waals surface area contributed by atoms with Crippen LogP contribution in [0.5, 0.6) is 0 Å². The maximum atomic E-state index is 12.9. The second-order valence-electron chi connectivity index (χ2n) is 6.55. The summed E-state index contributed by atoms with van der Waals surface area (Å²) in [7, 11) is -1.36. The molecule has 0 aliphatic carbocycles. The standard InChI is InChI=1S/C20H21ClN4O3S/c1-13-4-8-17(9-5-13)25(29(27)28)20(26)19-12-24(14(2)23-19)11-15-6-7-16(22-3)10-18(15)21/h4-10,12,22,29H,11H2,1-3H3. The van der Waals surface area contributed by atoms with Gasteiger partial charge < -0.3 is 9.88 Å². The number of aryl methyl sites for hydroxylation is 2. The number of nitrogens with one attached hydrogen (secondary N) is 1. The molecule has 0 saturated heterocycles. The zero-order chi connectivity index (χ0) is 21.1. The monoisotopic (exact) mass is 432 g/mol. The van der Waals surface area contributed by atoms with E-state index in [0.717, 1.165) is 21.1 Å². The van der Waals surface area contributed by atoms with Crippen LogP contribution in [0.2, 0.25) is 5.02 Å². The van der Waals surface area contributed by atoms with Crippen molar-refractivity contribution in [3.63, 3.8) is 0 Å². The lowest BCUT2D eigenvalue weighted by Crippen LogP contribution is -2.29. The van der Waals surface area contributed by atoms with Crippen LogP contribution in [0.1, 0.15) is 27.4 Å². The number of carbonyl (C=O) groups is 1. The lowest BCUT2D eigenvalue weighted by Gasteiger charge is -2.14. The molecule has 2 aromatic carbocycles. The molecule has 0 unspecified atom stereocenters. The minimum absolute atomic E-state index is 0.0465. The highest BCUT2D eigenvalue weighted by molar-refractivity contribution is 7.75. The van der Waals surface area contributed by atoms with Gasteiger partial charge in [0.05, 0.1) is 12.2 Å². The number of hydrogen-bond acceptors (Lipinski definition) is 5. The maximum absolute atomic E-state index is 12.9. The first-order valence-electron chi connectivity index (χ1n) is 8.85. The number of thiol groups is 1. The van der Waals surface area contributed by atoms with Crippen molar-refractivity contribution in [2.45, 2.75) is 20.4 Å². The van der Waals surface area contributed by atoms with Crippen molar-refractivity contribution in [3.05, 3.63) is 76.3 Å². The Bertz CT molecular complexity index is 1120. The molecule has 3 rings (SSSR count). The Morgan fingerprint density at radius 3 is 2.45 bits per heavy atom. The van der Waals surface area contributed by atoms with Crippen molar-refractivity contribution in [2.75, 3.05) is 16.7 Å². The molecule has 1 heterocycles. The number of hydrogen-bond donors (Lipinski definition) is 2. The Balaban J connectivity index is 1.90. The average Bonchev–Trinajstić information content (AvgIpc) is 3.05. The van der Waals surface area contributed by atoms with Crippen molar-refractivity contribution in [1.29, 1.82) is 0 Å². The second kappa shape index (κ2) is 8.67. The molecule has 0 bridgehead atoms. The summed E-state index contributed by atoms with van der Waals surface area (Å²) in [4.78, 5) is 17.1. The van der Waals surface area contributed by atoms with Gasteiger partial charge in [-0.15, -0.1) is 0 Å². The first-order valence-corrected chi connectivity index (χ1v) is 10.4. The van der Waals surface area contributed by atoms with Crippen LogP contribution in [0.4, 0.5) is 11.4 Å². The van der Waals surface area contributed by atoms with Gasteiger partial charge in [0.2, 0.25) is 10.9 Å². The highest BCUT2D eigenvalue weighted by Crippen LogP contribution is 2.23. The number of halogens is 1. The summed E-state index contributed by atoms with van der Waals surface area (Å²) < 4.78 is 26.0. The van der Waals surface area contributed by atoms with E-state index in [9.17, 15) is 13.2 Å². The largest absolute Gasteiger partial charge is 0.388 e. The van der Waals surface area contributed by atoms with E-state index in [0.29, 0.717) is 17.4 Å². The van der Waals surface area contributed by atoms with Crippen molar-refractivity contribution >= 4 is 39.8 Å². The summed E-state index contributed by atoms with van der Waals surface area (Å²) in [5, 5.41) is 3.61. The average molecular weight is 433 g/mol. The van der Waals surface area contributed by atoms with Crippen LogP contribution < -0.4 is 9.62 Å². The quantitative estimate of drug-likeness (QED) is 0.583. The van der Waals surface area contributed by atoms with Gasteiger partial charge in [0.15, 0.2) is 0 Å². The van der Waals surface area contributed by atoms with E-state index in [1.807, 2.05) is 32.2 Å². The highest BCUT2D eigenvalue weighted by Gasteiger charge is 2.23. The van der Waals surface area contributed by atoms with Gasteiger partial charge in [-0.05, 0) is 43.7 Å². The molecule has 0 aliphatic rings. The predicted octanol–water partition coefficient (Wildman–Crippen LogP) is 3.42. The summed E-state index contributed by atoms with van der Waals surface area (Å²) in [6.07, 6.45) is 1.54. The van der Waals surface area contributed by atoms with Crippen LogP contribution in [0.3, 0.4) is 0 Å². The van der Waals surface area contributed by atoms with Gasteiger partial charge in [-0.25, -0.2) is 17.7 Å². The predicted molar refractivity (Wildman–Crippen MR) is 115 cm³/mol. The number of carbonyl (C=O) groups excluding carboxylic acids is 1. The van der Waals surface area contributed by atoms with Gasteiger partial charge in [-0.1, -0.05) is 35.4 Å². The molecule has 3 aromatic rings. The second-order valence-corrected chi connectivity index (χ2v) is 7.83. The minimum atomic E-state index is -3.17. The van der Waals surface area contributed by atoms with Crippen LogP contribution in [0, 0.1) is 13.8 Å². The maximum Gasteiger partial charge on any atom is 0.292 e. The molecule has 1 aromatic heterocycles. The van der Waals surface area contributed by atoms with Gasteiger partial charge in [0.25, 0.3) is 5.91 Å². The first kappa shape index (κ1) is 20.9. The lowest BCUT2D eigenvalue weighted by molar-refractivity contribution is 0.100. The number of anilines is 2. The van der Waals surface area contributed by atoms with Crippen LogP contribution in [-0.2, 0) is 17.4 Å². The smallest absolute Gasteiger partial charge is 0.292 e. The lowest BCUT2D eigenvalue weighted by atomic mass is 10.2. The summed E-state index contributed by atoms with van der Waals surface area (Å²) in [5.41, 5.74) is 3.03. The van der Waals surface area contributed by atoms with Crippen LogP contribution in [0.15, 0.2) is 48.7 Å². The van der Waals surface area contributed by atoms with E-state index in [4.69, 9.17) is 11.6 Å². The third-order valence-corrected chi connectivity index (χ3v) is 5.60. The zero-order valence-electron chi connectivity index (χ0n) is 16.2. The molecule has 7 nitrogen and oxygen atoms in total.